The summed E-state index contributed by atoms with van der Waals surface area (Å²) in [7, 11) is 4.47. The van der Waals surface area contributed by atoms with Crippen molar-refractivity contribution in [3.05, 3.63) is 0 Å². The average molecular weight is 210 g/mol. The lowest BCUT2D eigenvalue weighted by atomic mass is 9.91. The lowest BCUT2D eigenvalue weighted by Crippen LogP contribution is -2.55. The quantitative estimate of drug-likeness (QED) is 0.655. The molecule has 2 unspecified atom stereocenters. The van der Waals surface area contributed by atoms with Gasteiger partial charge in [-0.1, -0.05) is 0 Å². The van der Waals surface area contributed by atoms with E-state index in [0.29, 0.717) is 5.54 Å². The van der Waals surface area contributed by atoms with Crippen molar-refractivity contribution in [2.75, 3.05) is 14.1 Å². The minimum Gasteiger partial charge on any atom is -0.306 e. The molecule has 0 radical (unpaired) electrons. The van der Waals surface area contributed by atoms with Crippen LogP contribution in [0.3, 0.4) is 0 Å². The zero-order valence-electron chi connectivity index (χ0n) is 11.0. The smallest absolute Gasteiger partial charge is 0.0130 e. The van der Waals surface area contributed by atoms with Crippen molar-refractivity contribution in [2.45, 2.75) is 70.1 Å². The molecule has 0 N–H and O–H groups in total. The van der Waals surface area contributed by atoms with Crippen LogP contribution in [0.25, 0.3) is 0 Å². The van der Waals surface area contributed by atoms with E-state index in [1.807, 2.05) is 0 Å². The molecule has 0 saturated carbocycles. The van der Waals surface area contributed by atoms with E-state index in [4.69, 9.17) is 0 Å². The third-order valence-electron chi connectivity index (χ3n) is 4.21. The fourth-order valence-electron chi connectivity index (χ4n) is 3.67. The SMILES string of the molecule is CN(C)C1CC2CCC(C1)N2C(C)(C)C. The highest BCUT2D eigenvalue weighted by atomic mass is 15.3. The molecule has 2 bridgehead atoms. The van der Waals surface area contributed by atoms with Crippen LogP contribution in [-0.4, -0.2) is 47.6 Å². The zero-order valence-corrected chi connectivity index (χ0v) is 11.0. The summed E-state index contributed by atoms with van der Waals surface area (Å²) in [5.41, 5.74) is 0.364. The van der Waals surface area contributed by atoms with Crippen molar-refractivity contribution in [3.8, 4) is 0 Å². The van der Waals surface area contributed by atoms with Crippen molar-refractivity contribution in [3.63, 3.8) is 0 Å². The molecule has 88 valence electrons. The number of rotatable bonds is 1. The van der Waals surface area contributed by atoms with Crippen LogP contribution in [0.4, 0.5) is 0 Å². The van der Waals surface area contributed by atoms with Gasteiger partial charge in [-0.05, 0) is 60.5 Å². The topological polar surface area (TPSA) is 6.48 Å². The molecule has 0 aliphatic carbocycles. The molecule has 0 spiro atoms. The maximum atomic E-state index is 2.78. The fourth-order valence-corrected chi connectivity index (χ4v) is 3.67. The van der Waals surface area contributed by atoms with Gasteiger partial charge in [0.1, 0.15) is 0 Å². The highest BCUT2D eigenvalue weighted by Gasteiger charge is 2.45. The van der Waals surface area contributed by atoms with Gasteiger partial charge in [0.2, 0.25) is 0 Å². The summed E-state index contributed by atoms with van der Waals surface area (Å²) in [6.07, 6.45) is 5.60. The Morgan fingerprint density at radius 3 is 1.80 bits per heavy atom. The predicted molar refractivity (Wildman–Crippen MR) is 65.1 cm³/mol. The molecule has 2 atom stereocenters. The molecule has 2 rings (SSSR count). The number of nitrogens with zero attached hydrogens (tertiary/aromatic N) is 2. The van der Waals surface area contributed by atoms with Gasteiger partial charge >= 0.3 is 0 Å². The van der Waals surface area contributed by atoms with E-state index in [1.54, 1.807) is 0 Å². The van der Waals surface area contributed by atoms with Gasteiger partial charge < -0.3 is 4.90 Å². The van der Waals surface area contributed by atoms with Crippen molar-refractivity contribution >= 4 is 0 Å². The number of fused-ring (bicyclic) bond motifs is 2. The third-order valence-corrected chi connectivity index (χ3v) is 4.21. The van der Waals surface area contributed by atoms with E-state index in [0.717, 1.165) is 18.1 Å². The van der Waals surface area contributed by atoms with Crippen molar-refractivity contribution < 1.29 is 0 Å². The molecule has 2 nitrogen and oxygen atoms in total. The van der Waals surface area contributed by atoms with Crippen LogP contribution in [0.15, 0.2) is 0 Å². The minimum absolute atomic E-state index is 0.364. The molecule has 2 fully saturated rings. The van der Waals surface area contributed by atoms with Gasteiger partial charge in [-0.2, -0.15) is 0 Å². The number of piperidine rings is 1. The molecular weight excluding hydrogens is 184 g/mol. The summed E-state index contributed by atoms with van der Waals surface area (Å²) < 4.78 is 0. The Labute approximate surface area is 94.6 Å². The van der Waals surface area contributed by atoms with Gasteiger partial charge in [-0.3, -0.25) is 4.90 Å². The molecule has 2 aliphatic heterocycles. The molecule has 0 aromatic carbocycles. The van der Waals surface area contributed by atoms with Crippen LogP contribution < -0.4 is 0 Å². The van der Waals surface area contributed by atoms with E-state index in [1.165, 1.54) is 25.7 Å². The first-order chi connectivity index (χ1) is 6.89. The summed E-state index contributed by atoms with van der Waals surface area (Å²) in [6, 6.07) is 2.51. The number of hydrogen-bond acceptors (Lipinski definition) is 2. The fraction of sp³-hybridized carbons (Fsp3) is 1.00. The lowest BCUT2D eigenvalue weighted by Gasteiger charge is -2.48. The van der Waals surface area contributed by atoms with E-state index in [2.05, 4.69) is 44.7 Å². The molecule has 0 amide bonds. The van der Waals surface area contributed by atoms with Gasteiger partial charge in [0, 0.05) is 23.7 Å². The average Bonchev–Trinajstić information content (AvgIpc) is 2.37. The van der Waals surface area contributed by atoms with E-state index in [-0.39, 0.29) is 0 Å². The molecule has 15 heavy (non-hydrogen) atoms. The second kappa shape index (κ2) is 3.74. The first-order valence-corrected chi connectivity index (χ1v) is 6.34. The molecule has 0 aromatic heterocycles. The first-order valence-electron chi connectivity index (χ1n) is 6.34. The summed E-state index contributed by atoms with van der Waals surface area (Å²) in [4.78, 5) is 5.21. The first kappa shape index (κ1) is 11.4. The standard InChI is InChI=1S/C13H26N2/c1-13(2,3)15-10-6-7-11(15)9-12(8-10)14(4)5/h10-12H,6-9H2,1-5H3. The molecule has 2 saturated heterocycles. The third kappa shape index (κ3) is 2.07. The monoisotopic (exact) mass is 210 g/mol. The van der Waals surface area contributed by atoms with Crippen LogP contribution in [0, 0.1) is 0 Å². The van der Waals surface area contributed by atoms with Crippen molar-refractivity contribution in [2.24, 2.45) is 0 Å². The molecule has 0 aromatic rings. The maximum absolute atomic E-state index is 2.78. The highest BCUT2D eigenvalue weighted by molar-refractivity contribution is 5.01. The normalized spacial score (nSPS) is 37.6. The summed E-state index contributed by atoms with van der Waals surface area (Å²) in [5, 5.41) is 0. The van der Waals surface area contributed by atoms with Crippen LogP contribution in [0.1, 0.15) is 46.5 Å². The molecule has 2 aliphatic rings. The minimum atomic E-state index is 0.364. The zero-order chi connectivity index (χ0) is 11.2. The van der Waals surface area contributed by atoms with Gasteiger partial charge in [0.05, 0.1) is 0 Å². The van der Waals surface area contributed by atoms with Gasteiger partial charge in [-0.25, -0.2) is 0 Å². The maximum Gasteiger partial charge on any atom is 0.0130 e. The highest BCUT2D eigenvalue weighted by Crippen LogP contribution is 2.41. The Morgan fingerprint density at radius 2 is 1.47 bits per heavy atom. The second-order valence-electron chi connectivity index (χ2n) is 6.55. The Hall–Kier alpha value is -0.0800. The summed E-state index contributed by atoms with van der Waals surface area (Å²) in [6.45, 7) is 7.11. The second-order valence-corrected chi connectivity index (χ2v) is 6.55. The molecule has 2 heteroatoms. The van der Waals surface area contributed by atoms with Crippen LogP contribution in [-0.2, 0) is 0 Å². The van der Waals surface area contributed by atoms with Crippen LogP contribution in [0.5, 0.6) is 0 Å². The Kier molecular flexibility index (Phi) is 2.85. The van der Waals surface area contributed by atoms with Gasteiger partial charge in [0.25, 0.3) is 0 Å². The summed E-state index contributed by atoms with van der Waals surface area (Å²) in [5.74, 6) is 0. The van der Waals surface area contributed by atoms with Crippen molar-refractivity contribution in [1.29, 1.82) is 0 Å². The Balaban J connectivity index is 2.10. The predicted octanol–water partition coefficient (Wildman–Crippen LogP) is 2.34. The van der Waals surface area contributed by atoms with Gasteiger partial charge in [-0.15, -0.1) is 0 Å². The lowest BCUT2D eigenvalue weighted by molar-refractivity contribution is 0.0127. The van der Waals surface area contributed by atoms with Crippen molar-refractivity contribution in [1.82, 2.24) is 9.80 Å². The Morgan fingerprint density at radius 1 is 1.00 bits per heavy atom. The van der Waals surface area contributed by atoms with Crippen LogP contribution in [0.2, 0.25) is 0 Å². The number of hydrogen-bond donors (Lipinski definition) is 0. The largest absolute Gasteiger partial charge is 0.306 e. The van der Waals surface area contributed by atoms with E-state index >= 15 is 0 Å². The van der Waals surface area contributed by atoms with Crippen LogP contribution >= 0.6 is 0 Å². The Bertz CT molecular complexity index is 215. The van der Waals surface area contributed by atoms with Gasteiger partial charge in [0.15, 0.2) is 0 Å². The van der Waals surface area contributed by atoms with E-state index in [9.17, 15) is 0 Å². The van der Waals surface area contributed by atoms with E-state index < -0.39 is 0 Å². The molecule has 2 heterocycles. The summed E-state index contributed by atoms with van der Waals surface area (Å²) >= 11 is 0. The molecular formula is C13H26N2.